The number of aromatic nitrogens is 1. The zero-order valence-electron chi connectivity index (χ0n) is 13.1. The number of pyridine rings is 1. The highest BCUT2D eigenvalue weighted by Gasteiger charge is 2.16. The summed E-state index contributed by atoms with van der Waals surface area (Å²) >= 11 is 0. The van der Waals surface area contributed by atoms with Gasteiger partial charge in [0.25, 0.3) is 5.91 Å². The van der Waals surface area contributed by atoms with Gasteiger partial charge in [0.05, 0.1) is 5.69 Å². The summed E-state index contributed by atoms with van der Waals surface area (Å²) in [5.74, 6) is -5.81. The smallest absolute Gasteiger partial charge is 0.274 e. The van der Waals surface area contributed by atoms with Crippen molar-refractivity contribution in [3.05, 3.63) is 83.7 Å². The molecule has 0 spiro atoms. The number of halogens is 4. The Hall–Kier alpha value is -3.42. The Morgan fingerprint density at radius 2 is 1.65 bits per heavy atom. The molecule has 8 heteroatoms. The summed E-state index contributed by atoms with van der Waals surface area (Å²) in [5, 5.41) is 5.01. The maximum atomic E-state index is 13.6. The summed E-state index contributed by atoms with van der Waals surface area (Å²) in [6, 6.07) is 10.2. The van der Waals surface area contributed by atoms with Crippen molar-refractivity contribution in [3.63, 3.8) is 0 Å². The van der Waals surface area contributed by atoms with Gasteiger partial charge >= 0.3 is 0 Å². The molecule has 0 aliphatic carbocycles. The molecule has 0 atom stereocenters. The van der Waals surface area contributed by atoms with Crippen LogP contribution in [0, 0.1) is 23.3 Å². The number of nitrogens with zero attached hydrogens (tertiary/aromatic N) is 1. The lowest BCUT2D eigenvalue weighted by atomic mass is 10.2. The van der Waals surface area contributed by atoms with E-state index in [0.29, 0.717) is 17.4 Å². The van der Waals surface area contributed by atoms with Gasteiger partial charge in [0, 0.05) is 17.6 Å². The summed E-state index contributed by atoms with van der Waals surface area (Å²) in [4.78, 5) is 16.0. The first kappa shape index (κ1) is 17.4. The zero-order valence-corrected chi connectivity index (χ0v) is 13.1. The molecular weight excluding hydrogens is 350 g/mol. The van der Waals surface area contributed by atoms with Crippen molar-refractivity contribution in [3.8, 4) is 0 Å². The Balaban J connectivity index is 1.79. The molecule has 4 nitrogen and oxygen atoms in total. The topological polar surface area (TPSA) is 54.0 Å². The second-order valence-electron chi connectivity index (χ2n) is 5.24. The number of carbonyl (C=O) groups excluding carboxylic acids is 1. The van der Waals surface area contributed by atoms with Gasteiger partial charge in [-0.25, -0.2) is 17.6 Å². The Kier molecular flexibility index (Phi) is 4.83. The highest BCUT2D eigenvalue weighted by Crippen LogP contribution is 2.21. The van der Waals surface area contributed by atoms with Crippen LogP contribution in [0.3, 0.4) is 0 Å². The molecule has 3 aromatic rings. The van der Waals surface area contributed by atoms with Gasteiger partial charge in [0.1, 0.15) is 11.5 Å². The van der Waals surface area contributed by atoms with Gasteiger partial charge in [-0.2, -0.15) is 0 Å². The van der Waals surface area contributed by atoms with E-state index in [0.717, 1.165) is 6.07 Å². The van der Waals surface area contributed by atoms with E-state index in [1.807, 2.05) is 0 Å². The first-order chi connectivity index (χ1) is 12.4. The lowest BCUT2D eigenvalue weighted by Gasteiger charge is -2.09. The summed E-state index contributed by atoms with van der Waals surface area (Å²) in [5.41, 5.74) is 0.269. The van der Waals surface area contributed by atoms with E-state index in [2.05, 4.69) is 15.6 Å². The van der Waals surface area contributed by atoms with Gasteiger partial charge in [-0.05, 0) is 42.5 Å². The van der Waals surface area contributed by atoms with E-state index < -0.39 is 34.9 Å². The first-order valence-electron chi connectivity index (χ1n) is 7.37. The minimum atomic E-state index is -1.68. The summed E-state index contributed by atoms with van der Waals surface area (Å²) in [7, 11) is 0. The van der Waals surface area contributed by atoms with Crippen molar-refractivity contribution in [2.75, 3.05) is 10.6 Å². The normalized spacial score (nSPS) is 10.5. The van der Waals surface area contributed by atoms with Gasteiger partial charge in [-0.15, -0.1) is 0 Å². The molecule has 0 fully saturated rings. The molecule has 1 amide bonds. The van der Waals surface area contributed by atoms with Gasteiger partial charge in [-0.3, -0.25) is 9.78 Å². The molecule has 2 N–H and O–H groups in total. The van der Waals surface area contributed by atoms with Crippen LogP contribution in [0.15, 0.2) is 54.7 Å². The maximum Gasteiger partial charge on any atom is 0.274 e. The van der Waals surface area contributed by atoms with Crippen LogP contribution in [0.2, 0.25) is 0 Å². The van der Waals surface area contributed by atoms with Crippen molar-refractivity contribution >= 4 is 23.0 Å². The van der Waals surface area contributed by atoms with Crippen LogP contribution < -0.4 is 10.6 Å². The molecule has 26 heavy (non-hydrogen) atoms. The standard InChI is InChI=1S/C18H11F4N3O/c19-10-2-1-3-11(8-10)24-12-6-7-23-15(9-12)18(26)25-14-5-4-13(20)16(21)17(14)22/h1-9H,(H,23,24)(H,25,26). The summed E-state index contributed by atoms with van der Waals surface area (Å²) < 4.78 is 53.0. The van der Waals surface area contributed by atoms with Crippen LogP contribution in [0.4, 0.5) is 34.6 Å². The number of nitrogens with one attached hydrogen (secondary N) is 2. The Bertz CT molecular complexity index is 978. The number of amides is 1. The number of anilines is 3. The molecule has 0 radical (unpaired) electrons. The average Bonchev–Trinajstić information content (AvgIpc) is 2.62. The number of carbonyl (C=O) groups is 1. The number of rotatable bonds is 4. The number of hydrogen-bond donors (Lipinski definition) is 2. The molecule has 3 rings (SSSR count). The van der Waals surface area contributed by atoms with Crippen LogP contribution >= 0.6 is 0 Å². The Labute approximate surface area is 145 Å². The monoisotopic (exact) mass is 361 g/mol. The molecule has 0 saturated carbocycles. The van der Waals surface area contributed by atoms with Gasteiger partial charge in [-0.1, -0.05) is 6.07 Å². The molecule has 0 aliphatic heterocycles. The van der Waals surface area contributed by atoms with Crippen LogP contribution in [0.25, 0.3) is 0 Å². The molecule has 132 valence electrons. The SMILES string of the molecule is O=C(Nc1ccc(F)c(F)c1F)c1cc(Nc2cccc(F)c2)ccn1. The van der Waals surface area contributed by atoms with E-state index in [1.54, 1.807) is 12.1 Å². The van der Waals surface area contributed by atoms with E-state index in [-0.39, 0.29) is 5.69 Å². The first-order valence-corrected chi connectivity index (χ1v) is 7.37. The molecule has 0 bridgehead atoms. The van der Waals surface area contributed by atoms with Crippen LogP contribution in [-0.4, -0.2) is 10.9 Å². The lowest BCUT2D eigenvalue weighted by molar-refractivity contribution is 0.102. The summed E-state index contributed by atoms with van der Waals surface area (Å²) in [6.45, 7) is 0. The predicted molar refractivity (Wildman–Crippen MR) is 88.2 cm³/mol. The van der Waals surface area contributed by atoms with Crippen LogP contribution in [0.1, 0.15) is 10.5 Å². The molecule has 1 aromatic heterocycles. The fourth-order valence-electron chi connectivity index (χ4n) is 2.17. The fourth-order valence-corrected chi connectivity index (χ4v) is 2.17. The maximum absolute atomic E-state index is 13.6. The third-order valence-electron chi connectivity index (χ3n) is 3.39. The Morgan fingerprint density at radius 3 is 2.42 bits per heavy atom. The molecule has 0 aliphatic rings. The second kappa shape index (κ2) is 7.22. The second-order valence-corrected chi connectivity index (χ2v) is 5.24. The fraction of sp³-hybridized carbons (Fsp3) is 0. The number of hydrogen-bond acceptors (Lipinski definition) is 3. The molecule has 2 aromatic carbocycles. The van der Waals surface area contributed by atoms with E-state index >= 15 is 0 Å². The van der Waals surface area contributed by atoms with Gasteiger partial charge in [0.15, 0.2) is 17.5 Å². The highest BCUT2D eigenvalue weighted by molar-refractivity contribution is 6.03. The van der Waals surface area contributed by atoms with Crippen LogP contribution in [0.5, 0.6) is 0 Å². The third-order valence-corrected chi connectivity index (χ3v) is 3.39. The lowest BCUT2D eigenvalue weighted by Crippen LogP contribution is -2.15. The molecule has 1 heterocycles. The zero-order chi connectivity index (χ0) is 18.7. The van der Waals surface area contributed by atoms with E-state index in [1.165, 1.54) is 30.5 Å². The Morgan fingerprint density at radius 1 is 0.885 bits per heavy atom. The van der Waals surface area contributed by atoms with Crippen molar-refractivity contribution in [1.29, 1.82) is 0 Å². The molecule has 0 unspecified atom stereocenters. The largest absolute Gasteiger partial charge is 0.355 e. The van der Waals surface area contributed by atoms with E-state index in [4.69, 9.17) is 0 Å². The van der Waals surface area contributed by atoms with Crippen molar-refractivity contribution in [2.45, 2.75) is 0 Å². The van der Waals surface area contributed by atoms with Crippen LogP contribution in [-0.2, 0) is 0 Å². The third kappa shape index (κ3) is 3.80. The van der Waals surface area contributed by atoms with Crippen molar-refractivity contribution < 1.29 is 22.4 Å². The summed E-state index contributed by atoms with van der Waals surface area (Å²) in [6.07, 6.45) is 1.32. The molecular formula is C18H11F4N3O. The molecule has 0 saturated heterocycles. The number of benzene rings is 2. The van der Waals surface area contributed by atoms with Crippen molar-refractivity contribution in [1.82, 2.24) is 4.98 Å². The highest BCUT2D eigenvalue weighted by atomic mass is 19.2. The predicted octanol–water partition coefficient (Wildman–Crippen LogP) is 4.63. The minimum Gasteiger partial charge on any atom is -0.355 e. The van der Waals surface area contributed by atoms with Gasteiger partial charge < -0.3 is 10.6 Å². The van der Waals surface area contributed by atoms with Gasteiger partial charge in [0.2, 0.25) is 0 Å². The van der Waals surface area contributed by atoms with Crippen molar-refractivity contribution in [2.24, 2.45) is 0 Å². The van der Waals surface area contributed by atoms with E-state index in [9.17, 15) is 22.4 Å². The average molecular weight is 361 g/mol. The quantitative estimate of drug-likeness (QED) is 0.526. The minimum absolute atomic E-state index is 0.101.